The molecule has 0 bridgehead atoms. The number of aromatic nitrogens is 1. The number of nitrogens with one attached hydrogen (secondary N) is 1. The number of amidine groups is 1. The van der Waals surface area contributed by atoms with Crippen molar-refractivity contribution >= 4 is 24.0 Å². The highest BCUT2D eigenvalue weighted by Crippen LogP contribution is 2.35. The Bertz CT molecular complexity index is 869. The highest BCUT2D eigenvalue weighted by molar-refractivity contribution is 6.17. The van der Waals surface area contributed by atoms with Crippen LogP contribution in [0.5, 0.6) is 0 Å². The zero-order valence-corrected chi connectivity index (χ0v) is 14.2. The molecule has 0 aliphatic carbocycles. The maximum atomic E-state index is 12.8. The van der Waals surface area contributed by atoms with Gasteiger partial charge in [-0.1, -0.05) is 13.0 Å². The summed E-state index contributed by atoms with van der Waals surface area (Å²) in [5.74, 6) is 1.57. The Balaban J connectivity index is 1.64. The van der Waals surface area contributed by atoms with E-state index in [1.165, 1.54) is 0 Å². The first-order valence-corrected chi connectivity index (χ1v) is 8.38. The highest BCUT2D eigenvalue weighted by atomic mass is 16.4. The monoisotopic (exact) mass is 337 g/mol. The van der Waals surface area contributed by atoms with Gasteiger partial charge in [0.05, 0.1) is 29.4 Å². The molecule has 25 heavy (non-hydrogen) atoms. The molecule has 7 nitrogen and oxygen atoms in total. The molecule has 2 aromatic heterocycles. The van der Waals surface area contributed by atoms with Crippen LogP contribution in [-0.4, -0.2) is 40.6 Å². The lowest BCUT2D eigenvalue weighted by molar-refractivity contribution is 0.0948. The molecule has 1 amide bonds. The van der Waals surface area contributed by atoms with Crippen molar-refractivity contribution in [3.63, 3.8) is 0 Å². The van der Waals surface area contributed by atoms with Crippen molar-refractivity contribution in [2.24, 2.45) is 9.98 Å². The molecule has 2 aliphatic rings. The minimum Gasteiger partial charge on any atom is -0.442 e. The molecule has 2 aliphatic heterocycles. The van der Waals surface area contributed by atoms with Crippen LogP contribution in [-0.2, 0) is 6.54 Å². The van der Waals surface area contributed by atoms with E-state index < -0.39 is 0 Å². The van der Waals surface area contributed by atoms with Crippen LogP contribution in [0.2, 0.25) is 0 Å². The number of amides is 1. The van der Waals surface area contributed by atoms with E-state index in [0.29, 0.717) is 29.3 Å². The molecule has 0 radical (unpaired) electrons. The van der Waals surface area contributed by atoms with Crippen LogP contribution < -0.4 is 5.32 Å². The van der Waals surface area contributed by atoms with Gasteiger partial charge in [-0.05, 0) is 25.5 Å². The fraction of sp³-hybridized carbons (Fsp3) is 0.333. The third-order valence-corrected chi connectivity index (χ3v) is 4.44. The minimum absolute atomic E-state index is 0.201. The van der Waals surface area contributed by atoms with Crippen molar-refractivity contribution in [1.29, 1.82) is 0 Å². The fourth-order valence-electron chi connectivity index (χ4n) is 3.12. The average molecular weight is 337 g/mol. The third-order valence-electron chi connectivity index (χ3n) is 4.44. The van der Waals surface area contributed by atoms with E-state index >= 15 is 0 Å². The van der Waals surface area contributed by atoms with Gasteiger partial charge in [-0.3, -0.25) is 14.8 Å². The number of nitrogens with zero attached hydrogens (tertiary/aromatic N) is 4. The summed E-state index contributed by atoms with van der Waals surface area (Å²) in [7, 11) is 0. The van der Waals surface area contributed by atoms with Crippen LogP contribution in [0.25, 0.3) is 0 Å². The number of hydrogen-bond donors (Lipinski definition) is 1. The molecule has 128 valence electrons. The average Bonchev–Trinajstić information content (AvgIpc) is 3.20. The van der Waals surface area contributed by atoms with Crippen molar-refractivity contribution in [2.75, 3.05) is 6.54 Å². The smallest absolute Gasteiger partial charge is 0.255 e. The summed E-state index contributed by atoms with van der Waals surface area (Å²) < 4.78 is 5.71. The molecule has 4 heterocycles. The molecular formula is C18H19N5O2. The molecule has 0 unspecified atom stereocenters. The molecule has 0 saturated carbocycles. The Morgan fingerprint density at radius 1 is 1.44 bits per heavy atom. The van der Waals surface area contributed by atoms with E-state index in [1.807, 2.05) is 23.1 Å². The van der Waals surface area contributed by atoms with E-state index in [-0.39, 0.29) is 11.9 Å². The van der Waals surface area contributed by atoms with Crippen LogP contribution in [0.15, 0.2) is 38.8 Å². The van der Waals surface area contributed by atoms with E-state index in [9.17, 15) is 4.79 Å². The van der Waals surface area contributed by atoms with Crippen molar-refractivity contribution in [2.45, 2.75) is 32.9 Å². The predicted octanol–water partition coefficient (Wildman–Crippen LogP) is 2.43. The summed E-state index contributed by atoms with van der Waals surface area (Å²) in [6.45, 7) is 5.02. The van der Waals surface area contributed by atoms with Crippen LogP contribution in [0, 0.1) is 6.92 Å². The molecule has 7 heteroatoms. The molecule has 2 aromatic rings. The van der Waals surface area contributed by atoms with Gasteiger partial charge in [0.25, 0.3) is 5.91 Å². The Labute approximate surface area is 145 Å². The molecule has 0 aromatic carbocycles. The second-order valence-corrected chi connectivity index (χ2v) is 6.13. The molecular weight excluding hydrogens is 318 g/mol. The molecule has 1 N–H and O–H groups in total. The van der Waals surface area contributed by atoms with Gasteiger partial charge in [0.15, 0.2) is 0 Å². The van der Waals surface area contributed by atoms with Gasteiger partial charge in [-0.25, -0.2) is 4.99 Å². The topological polar surface area (TPSA) is 83.1 Å². The number of carbonyl (C=O) groups is 1. The van der Waals surface area contributed by atoms with Crippen LogP contribution in [0.1, 0.15) is 40.7 Å². The normalized spacial score (nSPS) is 17.9. The number of furan rings is 1. The highest BCUT2D eigenvalue weighted by Gasteiger charge is 2.35. The first-order chi connectivity index (χ1) is 12.2. The zero-order valence-electron chi connectivity index (χ0n) is 14.2. The maximum Gasteiger partial charge on any atom is 0.255 e. The van der Waals surface area contributed by atoms with E-state index in [1.54, 1.807) is 19.5 Å². The Hall–Kier alpha value is -2.96. The van der Waals surface area contributed by atoms with Gasteiger partial charge in [-0.15, -0.1) is 0 Å². The lowest BCUT2D eigenvalue weighted by Crippen LogP contribution is -2.32. The summed E-state index contributed by atoms with van der Waals surface area (Å²) in [5, 5.41) is 2.91. The number of pyridine rings is 1. The third kappa shape index (κ3) is 2.71. The molecule has 1 atom stereocenters. The van der Waals surface area contributed by atoms with Crippen LogP contribution in [0.4, 0.5) is 5.88 Å². The van der Waals surface area contributed by atoms with Crippen molar-refractivity contribution < 1.29 is 9.21 Å². The molecule has 0 spiro atoms. The number of fused-ring (bicyclic) bond motifs is 3. The number of hydrogen-bond acceptors (Lipinski definition) is 6. The van der Waals surface area contributed by atoms with E-state index in [4.69, 9.17) is 9.41 Å². The van der Waals surface area contributed by atoms with Crippen LogP contribution >= 0.6 is 0 Å². The Morgan fingerprint density at radius 3 is 3.08 bits per heavy atom. The maximum absolute atomic E-state index is 12.8. The van der Waals surface area contributed by atoms with Crippen molar-refractivity contribution in [3.05, 3.63) is 47.0 Å². The van der Waals surface area contributed by atoms with Gasteiger partial charge in [0.2, 0.25) is 5.88 Å². The summed E-state index contributed by atoms with van der Waals surface area (Å²) in [6, 6.07) is 5.82. The predicted molar refractivity (Wildman–Crippen MR) is 94.3 cm³/mol. The van der Waals surface area contributed by atoms with Gasteiger partial charge in [-0.2, -0.15) is 0 Å². The Kier molecular flexibility index (Phi) is 3.83. The lowest BCUT2D eigenvalue weighted by Gasteiger charge is -2.18. The van der Waals surface area contributed by atoms with Gasteiger partial charge < -0.3 is 14.6 Å². The number of rotatable bonds is 4. The second-order valence-electron chi connectivity index (χ2n) is 6.13. The van der Waals surface area contributed by atoms with Gasteiger partial charge in [0, 0.05) is 12.7 Å². The first-order valence-electron chi connectivity index (χ1n) is 8.38. The van der Waals surface area contributed by atoms with Crippen LogP contribution in [0.3, 0.4) is 0 Å². The number of carbonyl (C=O) groups excluding carboxylic acids is 1. The number of aliphatic imine (C=N–C) groups is 2. The minimum atomic E-state index is -0.201. The second kappa shape index (κ2) is 6.16. The summed E-state index contributed by atoms with van der Waals surface area (Å²) in [6.07, 6.45) is 4.38. The van der Waals surface area contributed by atoms with Gasteiger partial charge >= 0.3 is 0 Å². The van der Waals surface area contributed by atoms with Crippen molar-refractivity contribution in [3.8, 4) is 0 Å². The summed E-state index contributed by atoms with van der Waals surface area (Å²) in [4.78, 5) is 28.1. The standard InChI is InChI=1S/C18H19N5O2/c1-3-12-9-23-10-21-18-15(16(23)22-12)14(11(2)25-18)17(24)20-8-13-6-4-5-7-19-13/h4-7,10,12H,3,8-9H2,1-2H3,(H,20,24)/t12-/m1/s1. The van der Waals surface area contributed by atoms with Gasteiger partial charge in [0.1, 0.15) is 17.9 Å². The lowest BCUT2D eigenvalue weighted by atomic mass is 10.1. The van der Waals surface area contributed by atoms with E-state index in [0.717, 1.165) is 24.5 Å². The van der Waals surface area contributed by atoms with E-state index in [2.05, 4.69) is 22.2 Å². The first kappa shape index (κ1) is 15.6. The molecule has 4 rings (SSSR count). The Morgan fingerprint density at radius 2 is 2.32 bits per heavy atom. The quantitative estimate of drug-likeness (QED) is 0.929. The zero-order chi connectivity index (χ0) is 17.4. The summed E-state index contributed by atoms with van der Waals surface area (Å²) in [5.41, 5.74) is 1.99. The SMILES string of the molecule is CC[C@@H]1CN2C=Nc3oc(C)c(C(=O)NCc4ccccn4)c3C2=N1. The number of aryl methyl sites for hydroxylation is 1. The fourth-order valence-corrected chi connectivity index (χ4v) is 3.12. The molecule has 0 saturated heterocycles. The molecule has 0 fully saturated rings. The summed E-state index contributed by atoms with van der Waals surface area (Å²) >= 11 is 0. The van der Waals surface area contributed by atoms with Crippen molar-refractivity contribution in [1.82, 2.24) is 15.2 Å². The largest absolute Gasteiger partial charge is 0.442 e.